The fraction of sp³-hybridized carbons (Fsp3) is 0.214. The van der Waals surface area contributed by atoms with Crippen LogP contribution in [0.15, 0.2) is 30.5 Å². The molecule has 0 saturated carbocycles. The lowest BCUT2D eigenvalue weighted by molar-refractivity contribution is -0.385. The Morgan fingerprint density at radius 3 is 2.62 bits per heavy atom. The van der Waals surface area contributed by atoms with Gasteiger partial charge in [0.2, 0.25) is 0 Å². The summed E-state index contributed by atoms with van der Waals surface area (Å²) >= 11 is 12.0. The zero-order chi connectivity index (χ0) is 15.6. The van der Waals surface area contributed by atoms with Crippen molar-refractivity contribution in [3.05, 3.63) is 61.7 Å². The smallest absolute Gasteiger partial charge is 0.290 e. The highest BCUT2D eigenvalue weighted by Crippen LogP contribution is 2.28. The SMILES string of the molecule is Cc1cc(NC(C)c2ccc(Cl)cc2Cl)ncc1[N+](=O)[O-]. The molecule has 1 N–H and O–H groups in total. The standard InChI is InChI=1S/C14H13Cl2N3O2/c1-8-5-14(17-7-13(8)19(20)21)18-9(2)11-4-3-10(15)6-12(11)16/h3-7,9H,1-2H3,(H,17,18). The summed E-state index contributed by atoms with van der Waals surface area (Å²) in [6.45, 7) is 3.60. The first-order valence-electron chi connectivity index (χ1n) is 6.21. The van der Waals surface area contributed by atoms with Crippen molar-refractivity contribution in [2.75, 3.05) is 5.32 Å². The second kappa shape index (κ2) is 6.28. The second-order valence-electron chi connectivity index (χ2n) is 4.65. The van der Waals surface area contributed by atoms with Crippen LogP contribution >= 0.6 is 23.2 Å². The number of nitro groups is 1. The van der Waals surface area contributed by atoms with Crippen LogP contribution in [-0.2, 0) is 0 Å². The number of halogens is 2. The zero-order valence-electron chi connectivity index (χ0n) is 11.4. The van der Waals surface area contributed by atoms with E-state index in [0.29, 0.717) is 21.4 Å². The van der Waals surface area contributed by atoms with Gasteiger partial charge in [-0.05, 0) is 37.6 Å². The maximum atomic E-state index is 10.8. The second-order valence-corrected chi connectivity index (χ2v) is 5.49. The van der Waals surface area contributed by atoms with E-state index in [1.54, 1.807) is 25.1 Å². The van der Waals surface area contributed by atoms with E-state index in [-0.39, 0.29) is 11.7 Å². The monoisotopic (exact) mass is 325 g/mol. The van der Waals surface area contributed by atoms with E-state index in [4.69, 9.17) is 23.2 Å². The van der Waals surface area contributed by atoms with Gasteiger partial charge in [-0.2, -0.15) is 0 Å². The topological polar surface area (TPSA) is 68.1 Å². The van der Waals surface area contributed by atoms with Crippen LogP contribution in [-0.4, -0.2) is 9.91 Å². The van der Waals surface area contributed by atoms with Gasteiger partial charge in [0.05, 0.1) is 11.0 Å². The minimum Gasteiger partial charge on any atom is -0.363 e. The van der Waals surface area contributed by atoms with Crippen LogP contribution < -0.4 is 5.32 Å². The molecule has 1 aromatic heterocycles. The van der Waals surface area contributed by atoms with E-state index in [0.717, 1.165) is 5.56 Å². The number of pyridine rings is 1. The molecule has 0 aliphatic rings. The predicted molar refractivity (Wildman–Crippen MR) is 84.1 cm³/mol. The molecule has 0 amide bonds. The summed E-state index contributed by atoms with van der Waals surface area (Å²) in [5.41, 5.74) is 1.42. The molecule has 0 saturated heterocycles. The summed E-state index contributed by atoms with van der Waals surface area (Å²) in [6, 6.07) is 6.79. The van der Waals surface area contributed by atoms with Crippen molar-refractivity contribution in [1.29, 1.82) is 0 Å². The number of benzene rings is 1. The molecule has 2 rings (SSSR count). The molecule has 0 aliphatic carbocycles. The van der Waals surface area contributed by atoms with Crippen LogP contribution in [0.3, 0.4) is 0 Å². The fourth-order valence-electron chi connectivity index (χ4n) is 1.97. The van der Waals surface area contributed by atoms with Crippen LogP contribution in [0.2, 0.25) is 10.0 Å². The van der Waals surface area contributed by atoms with Crippen molar-refractivity contribution in [2.24, 2.45) is 0 Å². The average Bonchev–Trinajstić information content (AvgIpc) is 2.37. The van der Waals surface area contributed by atoms with Crippen molar-refractivity contribution in [2.45, 2.75) is 19.9 Å². The molecule has 2 aromatic rings. The number of nitrogens with zero attached hydrogens (tertiary/aromatic N) is 2. The zero-order valence-corrected chi connectivity index (χ0v) is 12.9. The molecule has 0 aliphatic heterocycles. The van der Waals surface area contributed by atoms with E-state index >= 15 is 0 Å². The number of aromatic nitrogens is 1. The molecule has 1 unspecified atom stereocenters. The highest BCUT2D eigenvalue weighted by atomic mass is 35.5. The van der Waals surface area contributed by atoms with E-state index in [1.165, 1.54) is 6.20 Å². The molecule has 7 heteroatoms. The molecule has 21 heavy (non-hydrogen) atoms. The lowest BCUT2D eigenvalue weighted by atomic mass is 10.1. The van der Waals surface area contributed by atoms with Gasteiger partial charge in [0.25, 0.3) is 5.69 Å². The predicted octanol–water partition coefficient (Wildman–Crippen LogP) is 4.78. The Hall–Kier alpha value is -1.85. The highest BCUT2D eigenvalue weighted by Gasteiger charge is 2.14. The lowest BCUT2D eigenvalue weighted by Crippen LogP contribution is -2.09. The van der Waals surface area contributed by atoms with Crippen molar-refractivity contribution in [1.82, 2.24) is 4.98 Å². The fourth-order valence-corrected chi connectivity index (χ4v) is 2.54. The Kier molecular flexibility index (Phi) is 4.65. The number of hydrogen-bond acceptors (Lipinski definition) is 4. The highest BCUT2D eigenvalue weighted by molar-refractivity contribution is 6.35. The van der Waals surface area contributed by atoms with Gasteiger partial charge < -0.3 is 5.32 Å². The van der Waals surface area contributed by atoms with Crippen LogP contribution in [0.4, 0.5) is 11.5 Å². The van der Waals surface area contributed by atoms with Crippen molar-refractivity contribution < 1.29 is 4.92 Å². The Balaban J connectivity index is 2.21. The van der Waals surface area contributed by atoms with Crippen molar-refractivity contribution >= 4 is 34.7 Å². The molecule has 1 aromatic carbocycles. The molecule has 0 radical (unpaired) electrons. The third-order valence-electron chi connectivity index (χ3n) is 3.07. The summed E-state index contributed by atoms with van der Waals surface area (Å²) in [4.78, 5) is 14.4. The van der Waals surface area contributed by atoms with Gasteiger partial charge in [-0.1, -0.05) is 29.3 Å². The van der Waals surface area contributed by atoms with Crippen LogP contribution in [0.1, 0.15) is 24.1 Å². The Bertz CT molecular complexity index is 692. The summed E-state index contributed by atoms with van der Waals surface area (Å²) in [7, 11) is 0. The van der Waals surface area contributed by atoms with Crippen LogP contribution in [0.5, 0.6) is 0 Å². The average molecular weight is 326 g/mol. The van der Waals surface area contributed by atoms with Crippen LogP contribution in [0.25, 0.3) is 0 Å². The molecule has 5 nitrogen and oxygen atoms in total. The third-order valence-corrected chi connectivity index (χ3v) is 3.64. The maximum Gasteiger partial charge on any atom is 0.290 e. The van der Waals surface area contributed by atoms with E-state index in [2.05, 4.69) is 10.3 Å². The van der Waals surface area contributed by atoms with Gasteiger partial charge in [0.15, 0.2) is 0 Å². The molecule has 1 atom stereocenters. The van der Waals surface area contributed by atoms with Gasteiger partial charge in [0, 0.05) is 15.6 Å². The quantitative estimate of drug-likeness (QED) is 0.648. The minimum absolute atomic E-state index is 0.00210. The molecule has 1 heterocycles. The Morgan fingerprint density at radius 2 is 2.05 bits per heavy atom. The number of hydrogen-bond donors (Lipinski definition) is 1. The first-order chi connectivity index (χ1) is 9.88. The number of aryl methyl sites for hydroxylation is 1. The molecule has 110 valence electrons. The normalized spacial score (nSPS) is 12.0. The minimum atomic E-state index is -0.453. The number of anilines is 1. The summed E-state index contributed by atoms with van der Waals surface area (Å²) in [5.74, 6) is 0.552. The first kappa shape index (κ1) is 15.5. The third kappa shape index (κ3) is 3.62. The molecule has 0 fully saturated rings. The first-order valence-corrected chi connectivity index (χ1v) is 6.96. The van der Waals surface area contributed by atoms with Gasteiger partial charge in [-0.25, -0.2) is 4.98 Å². The molecule has 0 spiro atoms. The van der Waals surface area contributed by atoms with Gasteiger partial charge in [-0.3, -0.25) is 10.1 Å². The van der Waals surface area contributed by atoms with Crippen molar-refractivity contribution in [3.8, 4) is 0 Å². The number of rotatable bonds is 4. The number of nitrogens with one attached hydrogen (secondary N) is 1. The maximum absolute atomic E-state index is 10.8. The summed E-state index contributed by atoms with van der Waals surface area (Å²) < 4.78 is 0. The van der Waals surface area contributed by atoms with E-state index < -0.39 is 4.92 Å². The summed E-state index contributed by atoms with van der Waals surface area (Å²) in [6.07, 6.45) is 1.24. The Labute approximate surface area is 132 Å². The summed E-state index contributed by atoms with van der Waals surface area (Å²) in [5, 5.41) is 15.1. The van der Waals surface area contributed by atoms with Crippen LogP contribution in [0, 0.1) is 17.0 Å². The molecular weight excluding hydrogens is 313 g/mol. The Morgan fingerprint density at radius 1 is 1.33 bits per heavy atom. The van der Waals surface area contributed by atoms with E-state index in [1.807, 2.05) is 13.0 Å². The molecular formula is C14H13Cl2N3O2. The van der Waals surface area contributed by atoms with Gasteiger partial charge in [0.1, 0.15) is 12.0 Å². The largest absolute Gasteiger partial charge is 0.363 e. The van der Waals surface area contributed by atoms with E-state index in [9.17, 15) is 10.1 Å². The van der Waals surface area contributed by atoms with Crippen molar-refractivity contribution in [3.63, 3.8) is 0 Å². The van der Waals surface area contributed by atoms with Gasteiger partial charge >= 0.3 is 0 Å². The molecule has 0 bridgehead atoms. The van der Waals surface area contributed by atoms with Gasteiger partial charge in [-0.15, -0.1) is 0 Å². The lowest BCUT2D eigenvalue weighted by Gasteiger charge is -2.16.